The van der Waals surface area contributed by atoms with Crippen LogP contribution in [-0.2, 0) is 6.42 Å². The fourth-order valence-corrected chi connectivity index (χ4v) is 1.82. The van der Waals surface area contributed by atoms with Gasteiger partial charge in [0.1, 0.15) is 5.75 Å². The molecule has 0 radical (unpaired) electrons. The van der Waals surface area contributed by atoms with Gasteiger partial charge in [0.2, 0.25) is 0 Å². The molecule has 0 amide bonds. The van der Waals surface area contributed by atoms with Gasteiger partial charge in [0.15, 0.2) is 0 Å². The van der Waals surface area contributed by atoms with Gasteiger partial charge in [-0.1, -0.05) is 15.9 Å². The van der Waals surface area contributed by atoms with Crippen molar-refractivity contribution < 1.29 is 17.9 Å². The number of hydrogen-bond acceptors (Lipinski definition) is 2. The van der Waals surface area contributed by atoms with Gasteiger partial charge in [-0.05, 0) is 37.1 Å². The third-order valence-corrected chi connectivity index (χ3v) is 2.18. The second kappa shape index (κ2) is 5.05. The van der Waals surface area contributed by atoms with E-state index in [-0.39, 0.29) is 11.8 Å². The van der Waals surface area contributed by atoms with Crippen molar-refractivity contribution in [1.29, 1.82) is 0 Å². The minimum atomic E-state index is -4.67. The molecule has 2 N–H and O–H groups in total. The van der Waals surface area contributed by atoms with Crippen molar-refractivity contribution in [2.24, 2.45) is 5.73 Å². The normalized spacial score (nSPS) is 13.6. The minimum Gasteiger partial charge on any atom is -0.406 e. The van der Waals surface area contributed by atoms with Crippen LogP contribution in [0.1, 0.15) is 12.5 Å². The van der Waals surface area contributed by atoms with Crippen molar-refractivity contribution in [2.75, 3.05) is 0 Å². The molecule has 0 aliphatic carbocycles. The number of nitrogens with two attached hydrogens (primary N) is 1. The average Bonchev–Trinajstić information content (AvgIpc) is 1.96. The molecule has 0 fully saturated rings. The van der Waals surface area contributed by atoms with Crippen molar-refractivity contribution in [3.8, 4) is 5.75 Å². The maximum absolute atomic E-state index is 12.0. The molecule has 0 saturated heterocycles. The Labute approximate surface area is 99.7 Å². The van der Waals surface area contributed by atoms with E-state index < -0.39 is 6.36 Å². The molecule has 0 saturated carbocycles. The van der Waals surface area contributed by atoms with Gasteiger partial charge in [-0.15, -0.1) is 13.2 Å². The molecule has 2 nitrogen and oxygen atoms in total. The lowest BCUT2D eigenvalue weighted by molar-refractivity contribution is -0.274. The van der Waals surface area contributed by atoms with Gasteiger partial charge in [0.05, 0.1) is 0 Å². The standard InChI is InChI=1S/C10H11BrF3NO/c1-6(15)2-7-3-8(11)5-9(4-7)16-10(12,13)14/h3-6H,2,15H2,1H3. The highest BCUT2D eigenvalue weighted by Crippen LogP contribution is 2.27. The van der Waals surface area contributed by atoms with E-state index >= 15 is 0 Å². The van der Waals surface area contributed by atoms with Crippen molar-refractivity contribution in [2.45, 2.75) is 25.7 Å². The van der Waals surface area contributed by atoms with E-state index in [2.05, 4.69) is 20.7 Å². The summed E-state index contributed by atoms with van der Waals surface area (Å²) in [4.78, 5) is 0. The van der Waals surface area contributed by atoms with Crippen LogP contribution in [0.4, 0.5) is 13.2 Å². The van der Waals surface area contributed by atoms with Crippen LogP contribution < -0.4 is 10.5 Å². The zero-order valence-electron chi connectivity index (χ0n) is 8.51. The lowest BCUT2D eigenvalue weighted by Gasteiger charge is -2.12. The minimum absolute atomic E-state index is 0.118. The summed E-state index contributed by atoms with van der Waals surface area (Å²) in [5.41, 5.74) is 6.27. The zero-order valence-corrected chi connectivity index (χ0v) is 10.1. The maximum Gasteiger partial charge on any atom is 0.573 e. The Morgan fingerprint density at radius 1 is 1.38 bits per heavy atom. The van der Waals surface area contributed by atoms with Gasteiger partial charge in [0, 0.05) is 10.5 Å². The summed E-state index contributed by atoms with van der Waals surface area (Å²) in [5, 5.41) is 0. The number of hydrogen-bond donors (Lipinski definition) is 1. The summed E-state index contributed by atoms with van der Waals surface area (Å²) in [6.07, 6.45) is -4.18. The van der Waals surface area contributed by atoms with Crippen LogP contribution >= 0.6 is 15.9 Å². The summed E-state index contributed by atoms with van der Waals surface area (Å²) in [7, 11) is 0. The molecule has 1 aromatic rings. The van der Waals surface area contributed by atoms with Crippen LogP contribution in [0, 0.1) is 0 Å². The van der Waals surface area contributed by atoms with Gasteiger partial charge < -0.3 is 10.5 Å². The molecule has 90 valence electrons. The maximum atomic E-state index is 12.0. The first kappa shape index (κ1) is 13.3. The van der Waals surface area contributed by atoms with Crippen LogP contribution in [0.15, 0.2) is 22.7 Å². The number of halogens is 4. The fourth-order valence-electron chi connectivity index (χ4n) is 1.30. The third-order valence-electron chi connectivity index (χ3n) is 1.72. The Morgan fingerprint density at radius 3 is 2.50 bits per heavy atom. The van der Waals surface area contributed by atoms with Gasteiger partial charge in [-0.25, -0.2) is 0 Å². The average molecular weight is 298 g/mol. The molecule has 0 aromatic heterocycles. The first-order valence-electron chi connectivity index (χ1n) is 4.57. The number of alkyl halides is 3. The van der Waals surface area contributed by atoms with Crippen LogP contribution in [0.25, 0.3) is 0 Å². The zero-order chi connectivity index (χ0) is 12.3. The third kappa shape index (κ3) is 4.85. The van der Waals surface area contributed by atoms with Gasteiger partial charge >= 0.3 is 6.36 Å². The van der Waals surface area contributed by atoms with Crippen molar-refractivity contribution in [1.82, 2.24) is 0 Å². The van der Waals surface area contributed by atoms with Crippen molar-refractivity contribution >= 4 is 15.9 Å². The summed E-state index contributed by atoms with van der Waals surface area (Å²) in [6, 6.07) is 4.19. The SMILES string of the molecule is CC(N)Cc1cc(Br)cc(OC(F)(F)F)c1. The predicted molar refractivity (Wildman–Crippen MR) is 58.2 cm³/mol. The smallest absolute Gasteiger partial charge is 0.406 e. The molecule has 0 aliphatic heterocycles. The first-order chi connectivity index (χ1) is 7.26. The second-order valence-corrected chi connectivity index (χ2v) is 4.44. The van der Waals surface area contributed by atoms with Crippen LogP contribution in [0.3, 0.4) is 0 Å². The van der Waals surface area contributed by atoms with E-state index in [9.17, 15) is 13.2 Å². The molecule has 6 heteroatoms. The Hall–Kier alpha value is -0.750. The van der Waals surface area contributed by atoms with Crippen LogP contribution in [0.5, 0.6) is 5.75 Å². The number of benzene rings is 1. The Kier molecular flexibility index (Phi) is 4.21. The molecular formula is C10H11BrF3NO. The van der Waals surface area contributed by atoms with E-state index in [1.54, 1.807) is 13.0 Å². The molecule has 1 atom stereocenters. The highest BCUT2D eigenvalue weighted by Gasteiger charge is 2.31. The first-order valence-corrected chi connectivity index (χ1v) is 5.36. The second-order valence-electron chi connectivity index (χ2n) is 3.52. The monoisotopic (exact) mass is 297 g/mol. The summed E-state index contributed by atoms with van der Waals surface area (Å²) >= 11 is 3.12. The van der Waals surface area contributed by atoms with Gasteiger partial charge in [-0.3, -0.25) is 0 Å². The highest BCUT2D eigenvalue weighted by molar-refractivity contribution is 9.10. The van der Waals surface area contributed by atoms with Crippen LogP contribution in [0.2, 0.25) is 0 Å². The van der Waals surface area contributed by atoms with Crippen molar-refractivity contribution in [3.63, 3.8) is 0 Å². The summed E-state index contributed by atoms with van der Waals surface area (Å²) in [6.45, 7) is 1.78. The van der Waals surface area contributed by atoms with E-state index in [4.69, 9.17) is 5.73 Å². The van der Waals surface area contributed by atoms with Gasteiger partial charge in [-0.2, -0.15) is 0 Å². The van der Waals surface area contributed by atoms with E-state index in [0.717, 1.165) is 0 Å². The molecule has 0 heterocycles. The molecule has 0 bridgehead atoms. The van der Waals surface area contributed by atoms with Crippen molar-refractivity contribution in [3.05, 3.63) is 28.2 Å². The number of ether oxygens (including phenoxy) is 1. The molecule has 1 rings (SSSR count). The largest absolute Gasteiger partial charge is 0.573 e. The quantitative estimate of drug-likeness (QED) is 0.929. The lowest BCUT2D eigenvalue weighted by Crippen LogP contribution is -2.19. The predicted octanol–water partition coefficient (Wildman–Crippen LogP) is 3.24. The Morgan fingerprint density at radius 2 is 2.00 bits per heavy atom. The molecule has 0 spiro atoms. The topological polar surface area (TPSA) is 35.2 Å². The van der Waals surface area contributed by atoms with E-state index in [0.29, 0.717) is 16.5 Å². The fraction of sp³-hybridized carbons (Fsp3) is 0.400. The lowest BCUT2D eigenvalue weighted by atomic mass is 10.1. The Balaban J connectivity index is 2.90. The van der Waals surface area contributed by atoms with Gasteiger partial charge in [0.25, 0.3) is 0 Å². The highest BCUT2D eigenvalue weighted by atomic mass is 79.9. The summed E-state index contributed by atoms with van der Waals surface area (Å²) in [5.74, 6) is -0.238. The summed E-state index contributed by atoms with van der Waals surface area (Å²) < 4.78 is 40.4. The molecule has 1 unspecified atom stereocenters. The number of rotatable bonds is 3. The molecule has 0 aliphatic rings. The molecular weight excluding hydrogens is 287 g/mol. The molecule has 1 aromatic carbocycles. The molecule has 16 heavy (non-hydrogen) atoms. The van der Waals surface area contributed by atoms with Crippen LogP contribution in [-0.4, -0.2) is 12.4 Å². The Bertz CT molecular complexity index is 366. The van der Waals surface area contributed by atoms with E-state index in [1.165, 1.54) is 12.1 Å². The van der Waals surface area contributed by atoms with E-state index in [1.807, 2.05) is 0 Å².